The van der Waals surface area contributed by atoms with Gasteiger partial charge in [-0.1, -0.05) is 42.0 Å². The second-order valence-corrected chi connectivity index (χ2v) is 6.51. The summed E-state index contributed by atoms with van der Waals surface area (Å²) in [5.41, 5.74) is 14.1. The normalized spacial score (nSPS) is 10.0. The molecule has 0 aliphatic heterocycles. The molecule has 6 heteroatoms. The van der Waals surface area contributed by atoms with Gasteiger partial charge in [0.25, 0.3) is 0 Å². The number of fused-ring (bicyclic) bond motifs is 1. The molecule has 5 nitrogen and oxygen atoms in total. The average molecular weight is 562 g/mol. The molecule has 0 aliphatic rings. The van der Waals surface area contributed by atoms with E-state index < -0.39 is 0 Å². The Labute approximate surface area is 180 Å². The van der Waals surface area contributed by atoms with E-state index in [1.165, 1.54) is 0 Å². The first-order chi connectivity index (χ1) is 13.5. The molecule has 0 aliphatic carbocycles. The zero-order chi connectivity index (χ0) is 20.3. The molecule has 0 unspecified atom stereocenters. The van der Waals surface area contributed by atoms with Crippen LogP contribution < -0.4 is 0 Å². The molecule has 0 bridgehead atoms. The van der Waals surface area contributed by atoms with Gasteiger partial charge >= 0.3 is 22.1 Å². The molecular weight excluding hydrogens is 541 g/mol. The van der Waals surface area contributed by atoms with Gasteiger partial charge in [0.05, 0.1) is 5.56 Å². The summed E-state index contributed by atoms with van der Waals surface area (Å²) >= 11 is 0.611. The molecule has 0 amide bonds. The fraction of sp³-hybridized carbons (Fsp3) is 0.0870. The Hall–Kier alpha value is -2.96. The number of aromatic amines is 1. The first kappa shape index (κ1) is 22.3. The maximum atomic E-state index is 13.3. The van der Waals surface area contributed by atoms with Crippen molar-refractivity contribution in [3.63, 3.8) is 0 Å². The van der Waals surface area contributed by atoms with Crippen molar-refractivity contribution in [1.82, 2.24) is 9.97 Å². The third kappa shape index (κ3) is 4.39. The molecule has 2 N–H and O–H groups in total. The molecule has 29 heavy (non-hydrogen) atoms. The molecule has 0 spiro atoms. The fourth-order valence-corrected chi connectivity index (χ4v) is 3.29. The van der Waals surface area contributed by atoms with E-state index >= 15 is 0 Å². The van der Waals surface area contributed by atoms with Crippen LogP contribution in [0.5, 0.6) is 0 Å². The summed E-state index contributed by atoms with van der Waals surface area (Å²) in [5.74, 6) is -0.0197. The van der Waals surface area contributed by atoms with Gasteiger partial charge in [-0.25, -0.2) is 4.98 Å². The van der Waals surface area contributed by atoms with Gasteiger partial charge in [-0.2, -0.15) is 0 Å². The van der Waals surface area contributed by atoms with Crippen molar-refractivity contribution in [2.75, 3.05) is 0 Å². The number of carbonyl (C=O) groups is 1. The van der Waals surface area contributed by atoms with Crippen LogP contribution in [0.1, 0.15) is 27.0 Å². The molecular formula is C23H21N3O2Os-2. The molecule has 0 saturated heterocycles. The summed E-state index contributed by atoms with van der Waals surface area (Å²) in [6.45, 7) is 3.93. The van der Waals surface area contributed by atoms with Crippen LogP contribution in [0.2, 0.25) is 0 Å². The molecule has 2 heterocycles. The summed E-state index contributed by atoms with van der Waals surface area (Å²) in [4.78, 5) is 20.8. The van der Waals surface area contributed by atoms with Gasteiger partial charge in [-0.15, -0.1) is 5.69 Å². The molecule has 4 aromatic rings. The quantitative estimate of drug-likeness (QED) is 0.243. The minimum atomic E-state index is -0.0197. The predicted molar refractivity (Wildman–Crippen MR) is 112 cm³/mol. The van der Waals surface area contributed by atoms with Gasteiger partial charge in [0.1, 0.15) is 5.65 Å². The number of pyridine rings is 1. The van der Waals surface area contributed by atoms with E-state index in [0.717, 1.165) is 27.6 Å². The Morgan fingerprint density at radius 3 is 2.52 bits per heavy atom. The Bertz CT molecular complexity index is 1170. The summed E-state index contributed by atoms with van der Waals surface area (Å²) in [6.07, 6.45) is 3.45. The first-order valence-corrected chi connectivity index (χ1v) is 9.63. The van der Waals surface area contributed by atoms with Crippen molar-refractivity contribution in [1.29, 1.82) is 0 Å². The predicted octanol–water partition coefficient (Wildman–Crippen LogP) is 6.09. The molecule has 0 fully saturated rings. The number of nitrogens with one attached hydrogen (secondary N) is 2. The van der Waals surface area contributed by atoms with Gasteiger partial charge in [0, 0.05) is 23.3 Å². The third-order valence-electron chi connectivity index (χ3n) is 4.63. The van der Waals surface area contributed by atoms with Gasteiger partial charge in [-0.05, 0) is 42.7 Å². The van der Waals surface area contributed by atoms with Crippen molar-refractivity contribution in [3.8, 4) is 11.1 Å². The van der Waals surface area contributed by atoms with E-state index in [1.807, 2.05) is 50.2 Å². The van der Waals surface area contributed by atoms with Crippen molar-refractivity contribution >= 4 is 22.5 Å². The number of carbonyl (C=O) groups excluding carboxylic acids is 1. The van der Waals surface area contributed by atoms with Crippen LogP contribution in [-0.4, -0.2) is 15.8 Å². The van der Waals surface area contributed by atoms with E-state index in [1.54, 1.807) is 24.5 Å². The zero-order valence-corrected chi connectivity index (χ0v) is 18.9. The summed E-state index contributed by atoms with van der Waals surface area (Å²) in [5, 5.41) is 0.795. The van der Waals surface area contributed by atoms with Crippen LogP contribution in [0.3, 0.4) is 0 Å². The second-order valence-electron chi connectivity index (χ2n) is 6.51. The van der Waals surface area contributed by atoms with E-state index in [0.29, 0.717) is 41.0 Å². The Balaban J connectivity index is 0.000000970. The second kappa shape index (κ2) is 9.49. The molecule has 2 aromatic heterocycles. The van der Waals surface area contributed by atoms with Crippen LogP contribution in [0.15, 0.2) is 60.9 Å². The fourth-order valence-electron chi connectivity index (χ4n) is 3.29. The van der Waals surface area contributed by atoms with Crippen molar-refractivity contribution in [2.45, 2.75) is 13.8 Å². The van der Waals surface area contributed by atoms with E-state index in [9.17, 15) is 4.79 Å². The third-order valence-corrected chi connectivity index (χ3v) is 4.63. The Morgan fingerprint density at radius 1 is 1.03 bits per heavy atom. The number of hydrogen-bond acceptors (Lipinski definition) is 3. The van der Waals surface area contributed by atoms with E-state index in [4.69, 9.17) is 9.27 Å². The number of ketones is 1. The zero-order valence-electron chi connectivity index (χ0n) is 16.4. The van der Waals surface area contributed by atoms with Crippen molar-refractivity contribution < 1.29 is 26.9 Å². The number of hydrogen-bond donors (Lipinski definition) is 1. The van der Waals surface area contributed by atoms with Crippen LogP contribution >= 0.6 is 0 Å². The monoisotopic (exact) mass is 563 g/mol. The molecule has 2 aromatic carbocycles. The van der Waals surface area contributed by atoms with E-state index in [2.05, 4.69) is 9.97 Å². The van der Waals surface area contributed by atoms with Crippen molar-refractivity contribution in [2.24, 2.45) is 0 Å². The summed E-state index contributed by atoms with van der Waals surface area (Å²) in [7, 11) is 0. The molecule has 150 valence electrons. The van der Waals surface area contributed by atoms with Gasteiger partial charge < -0.3 is 18.1 Å². The number of benzene rings is 2. The SMILES string of the molecule is Cc1ccc(C)c(C(=O)c2c[nH]c3nccc(-c4cccc([NH-])c4)c23)c1.[CH3-].[O]=[Os]. The number of aryl methyl sites for hydroxylation is 2. The van der Waals surface area contributed by atoms with Gasteiger partial charge in [0.2, 0.25) is 0 Å². The number of aromatic nitrogens is 2. The van der Waals surface area contributed by atoms with Gasteiger partial charge in [-0.3, -0.25) is 4.79 Å². The Morgan fingerprint density at radius 2 is 1.79 bits per heavy atom. The topological polar surface area (TPSA) is 86.6 Å². The number of H-pyrrole nitrogens is 1. The van der Waals surface area contributed by atoms with Gasteiger partial charge in [0.15, 0.2) is 5.78 Å². The number of nitrogens with zero attached hydrogens (tertiary/aromatic N) is 1. The summed E-state index contributed by atoms with van der Waals surface area (Å²) in [6, 6.07) is 15.1. The van der Waals surface area contributed by atoms with Crippen LogP contribution in [0.25, 0.3) is 27.9 Å². The van der Waals surface area contributed by atoms with Crippen LogP contribution in [0.4, 0.5) is 5.69 Å². The molecule has 0 radical (unpaired) electrons. The van der Waals surface area contributed by atoms with Crippen LogP contribution in [0, 0.1) is 21.3 Å². The minimum absolute atomic E-state index is 0. The average Bonchev–Trinajstić information content (AvgIpc) is 3.15. The Kier molecular flexibility index (Phi) is 7.31. The molecule has 0 saturated carbocycles. The molecule has 0 atom stereocenters. The van der Waals surface area contributed by atoms with Crippen molar-refractivity contribution in [3.05, 3.63) is 96.3 Å². The first-order valence-electron chi connectivity index (χ1n) is 8.59. The van der Waals surface area contributed by atoms with Crippen LogP contribution in [-0.2, 0) is 22.1 Å². The van der Waals surface area contributed by atoms with E-state index in [-0.39, 0.29) is 13.2 Å². The number of rotatable bonds is 3. The summed E-state index contributed by atoms with van der Waals surface area (Å²) < 4.78 is 8.28. The molecule has 4 rings (SSSR count). The maximum absolute atomic E-state index is 13.3. The standard InChI is InChI=1S/C22H18N3O.CH3.O.Os/c1-13-6-7-14(2)18(10-13)21(26)19-12-25-22-20(19)17(8-9-24-22)15-4-3-5-16(23)11-15;;;/h3-12,23H,1-2H3,(H,24,25,26);1H3;;/q2*-1;;.